The Morgan fingerprint density at radius 1 is 1.33 bits per heavy atom. The van der Waals surface area contributed by atoms with Gasteiger partial charge in [-0.3, -0.25) is 0 Å². The minimum Gasteiger partial charge on any atom is -0.394 e. The van der Waals surface area contributed by atoms with Crippen LogP contribution in [0.3, 0.4) is 0 Å². The van der Waals surface area contributed by atoms with E-state index in [0.717, 1.165) is 6.07 Å². The van der Waals surface area contributed by atoms with E-state index in [-0.39, 0.29) is 5.56 Å². The second-order valence-electron chi connectivity index (χ2n) is 3.03. The van der Waals surface area contributed by atoms with Crippen LogP contribution in [0.2, 0.25) is 0 Å². The Morgan fingerprint density at radius 3 is 2.40 bits per heavy atom. The van der Waals surface area contributed by atoms with Crippen LogP contribution in [0.15, 0.2) is 18.2 Å². The van der Waals surface area contributed by atoms with Crippen molar-refractivity contribution in [2.24, 2.45) is 5.73 Å². The molecule has 0 aliphatic carbocycles. The van der Waals surface area contributed by atoms with E-state index in [1.54, 1.807) is 0 Å². The summed E-state index contributed by atoms with van der Waals surface area (Å²) in [5.41, 5.74) is 3.99. The summed E-state index contributed by atoms with van der Waals surface area (Å²) in [6, 6.07) is 1.47. The van der Waals surface area contributed by atoms with Crippen molar-refractivity contribution in [1.29, 1.82) is 0 Å². The van der Waals surface area contributed by atoms with Gasteiger partial charge in [-0.25, -0.2) is 4.39 Å². The molecule has 0 saturated heterocycles. The molecule has 15 heavy (non-hydrogen) atoms. The molecule has 0 unspecified atom stereocenters. The van der Waals surface area contributed by atoms with Crippen LogP contribution in [0.25, 0.3) is 0 Å². The van der Waals surface area contributed by atoms with E-state index in [4.69, 9.17) is 10.8 Å². The molecule has 6 heteroatoms. The van der Waals surface area contributed by atoms with Gasteiger partial charge >= 0.3 is 6.18 Å². The van der Waals surface area contributed by atoms with Gasteiger partial charge in [0.15, 0.2) is 0 Å². The second kappa shape index (κ2) is 4.16. The Morgan fingerprint density at radius 2 is 1.93 bits per heavy atom. The van der Waals surface area contributed by atoms with Gasteiger partial charge in [0.05, 0.1) is 18.2 Å². The lowest BCUT2D eigenvalue weighted by molar-refractivity contribution is -0.140. The van der Waals surface area contributed by atoms with Crippen LogP contribution < -0.4 is 5.73 Å². The molecule has 0 bridgehead atoms. The van der Waals surface area contributed by atoms with Gasteiger partial charge < -0.3 is 10.8 Å². The Labute approximate surface area is 83.3 Å². The standard InChI is InChI=1S/C9H9F4NO/c10-7-2-1-5(8(14)4-15)3-6(7)9(11,12)13/h1-3,8,15H,4,14H2/t8-/m0/s1. The number of aliphatic hydroxyl groups excluding tert-OH is 1. The molecule has 3 N–H and O–H groups in total. The highest BCUT2D eigenvalue weighted by Gasteiger charge is 2.34. The van der Waals surface area contributed by atoms with Crippen molar-refractivity contribution in [3.05, 3.63) is 35.1 Å². The topological polar surface area (TPSA) is 46.2 Å². The third kappa shape index (κ3) is 2.66. The van der Waals surface area contributed by atoms with Crippen molar-refractivity contribution in [2.75, 3.05) is 6.61 Å². The third-order valence-electron chi connectivity index (χ3n) is 1.92. The molecule has 0 heterocycles. The van der Waals surface area contributed by atoms with Crippen LogP contribution in [-0.2, 0) is 6.18 Å². The van der Waals surface area contributed by atoms with Crippen molar-refractivity contribution in [3.63, 3.8) is 0 Å². The Balaban J connectivity index is 3.17. The van der Waals surface area contributed by atoms with Crippen LogP contribution in [0.1, 0.15) is 17.2 Å². The molecule has 0 aliphatic heterocycles. The number of alkyl halides is 3. The SMILES string of the molecule is N[C@@H](CO)c1ccc(F)c(C(F)(F)F)c1. The van der Waals surface area contributed by atoms with Gasteiger partial charge in [-0.2, -0.15) is 13.2 Å². The van der Waals surface area contributed by atoms with E-state index >= 15 is 0 Å². The first-order valence-electron chi connectivity index (χ1n) is 4.09. The van der Waals surface area contributed by atoms with Crippen LogP contribution in [0.4, 0.5) is 17.6 Å². The Hall–Kier alpha value is -1.14. The number of aliphatic hydroxyl groups is 1. The Kier molecular flexibility index (Phi) is 3.31. The smallest absolute Gasteiger partial charge is 0.394 e. The fraction of sp³-hybridized carbons (Fsp3) is 0.333. The highest BCUT2D eigenvalue weighted by molar-refractivity contribution is 5.29. The average Bonchev–Trinajstić information content (AvgIpc) is 2.15. The third-order valence-corrected chi connectivity index (χ3v) is 1.92. The molecule has 2 nitrogen and oxygen atoms in total. The summed E-state index contributed by atoms with van der Waals surface area (Å²) < 4.78 is 49.6. The monoisotopic (exact) mass is 223 g/mol. The first-order chi connectivity index (χ1) is 6.86. The number of benzene rings is 1. The number of hydrogen-bond donors (Lipinski definition) is 2. The molecule has 1 aromatic carbocycles. The molecule has 1 aromatic rings. The van der Waals surface area contributed by atoms with Gasteiger partial charge in [0, 0.05) is 0 Å². The number of halogens is 4. The lowest BCUT2D eigenvalue weighted by Crippen LogP contribution is -2.16. The highest BCUT2D eigenvalue weighted by atomic mass is 19.4. The lowest BCUT2D eigenvalue weighted by atomic mass is 10.0. The maximum absolute atomic E-state index is 12.8. The van der Waals surface area contributed by atoms with Gasteiger partial charge in [0.2, 0.25) is 0 Å². The zero-order chi connectivity index (χ0) is 11.6. The summed E-state index contributed by atoms with van der Waals surface area (Å²) in [5, 5.41) is 8.65. The van der Waals surface area contributed by atoms with Crippen LogP contribution >= 0.6 is 0 Å². The first-order valence-corrected chi connectivity index (χ1v) is 4.09. The van der Waals surface area contributed by atoms with Gasteiger partial charge in [-0.15, -0.1) is 0 Å². The van der Waals surface area contributed by atoms with Gasteiger partial charge in [-0.05, 0) is 17.7 Å². The molecule has 0 fully saturated rings. The van der Waals surface area contributed by atoms with Crippen LogP contribution in [-0.4, -0.2) is 11.7 Å². The van der Waals surface area contributed by atoms with Gasteiger partial charge in [0.25, 0.3) is 0 Å². The zero-order valence-electron chi connectivity index (χ0n) is 7.55. The lowest BCUT2D eigenvalue weighted by Gasteiger charge is -2.13. The predicted octanol–water partition coefficient (Wildman–Crippen LogP) is 1.84. The van der Waals surface area contributed by atoms with Crippen molar-refractivity contribution in [2.45, 2.75) is 12.2 Å². The molecule has 0 amide bonds. The molecule has 0 aromatic heterocycles. The van der Waals surface area contributed by atoms with Crippen molar-refractivity contribution >= 4 is 0 Å². The fourth-order valence-corrected chi connectivity index (χ4v) is 1.10. The molecule has 1 rings (SSSR count). The number of rotatable bonds is 2. The average molecular weight is 223 g/mol. The highest BCUT2D eigenvalue weighted by Crippen LogP contribution is 2.32. The number of nitrogens with two attached hydrogens (primary N) is 1. The second-order valence-corrected chi connectivity index (χ2v) is 3.03. The Bertz CT molecular complexity index is 350. The summed E-state index contributed by atoms with van der Waals surface area (Å²) in [4.78, 5) is 0. The molecule has 1 atom stereocenters. The van der Waals surface area contributed by atoms with E-state index in [2.05, 4.69) is 0 Å². The summed E-state index contributed by atoms with van der Waals surface area (Å²) in [7, 11) is 0. The normalized spacial score (nSPS) is 14.0. The molecular weight excluding hydrogens is 214 g/mol. The maximum atomic E-state index is 12.8. The fourth-order valence-electron chi connectivity index (χ4n) is 1.10. The summed E-state index contributed by atoms with van der Waals surface area (Å²) in [6.07, 6.45) is -4.75. The minimum atomic E-state index is -4.75. The predicted molar refractivity (Wildman–Crippen MR) is 45.4 cm³/mol. The van der Waals surface area contributed by atoms with Gasteiger partial charge in [-0.1, -0.05) is 6.07 Å². The molecule has 0 radical (unpaired) electrons. The van der Waals surface area contributed by atoms with E-state index in [1.165, 1.54) is 0 Å². The largest absolute Gasteiger partial charge is 0.419 e. The van der Waals surface area contributed by atoms with Crippen molar-refractivity contribution in [1.82, 2.24) is 0 Å². The minimum absolute atomic E-state index is 0.0474. The van der Waals surface area contributed by atoms with E-state index in [0.29, 0.717) is 12.1 Å². The van der Waals surface area contributed by atoms with Crippen molar-refractivity contribution < 1.29 is 22.7 Å². The summed E-state index contributed by atoms with van der Waals surface area (Å²) in [6.45, 7) is -0.497. The molecule has 0 spiro atoms. The van der Waals surface area contributed by atoms with E-state index in [9.17, 15) is 17.6 Å². The van der Waals surface area contributed by atoms with Crippen molar-refractivity contribution in [3.8, 4) is 0 Å². The summed E-state index contributed by atoms with van der Waals surface area (Å²) >= 11 is 0. The van der Waals surface area contributed by atoms with Crippen LogP contribution in [0, 0.1) is 5.82 Å². The number of hydrogen-bond acceptors (Lipinski definition) is 2. The quantitative estimate of drug-likeness (QED) is 0.751. The zero-order valence-corrected chi connectivity index (χ0v) is 7.55. The molecule has 0 saturated carbocycles. The van der Waals surface area contributed by atoms with E-state index in [1.807, 2.05) is 0 Å². The van der Waals surface area contributed by atoms with Gasteiger partial charge in [0.1, 0.15) is 5.82 Å². The summed E-state index contributed by atoms with van der Waals surface area (Å²) in [5.74, 6) is -1.35. The molecular formula is C9H9F4NO. The van der Waals surface area contributed by atoms with E-state index < -0.39 is 30.2 Å². The maximum Gasteiger partial charge on any atom is 0.419 e. The molecule has 0 aliphatic rings. The first kappa shape index (κ1) is 11.9. The van der Waals surface area contributed by atoms with Crippen LogP contribution in [0.5, 0.6) is 0 Å². The molecule has 84 valence electrons.